The number of hydrogen-bond acceptors (Lipinski definition) is 2. The third-order valence-corrected chi connectivity index (χ3v) is 3.15. The molecule has 0 saturated heterocycles. The Morgan fingerprint density at radius 3 is 2.69 bits per heavy atom. The fourth-order valence-corrected chi connectivity index (χ4v) is 2.39. The molecule has 0 fully saturated rings. The van der Waals surface area contributed by atoms with Gasteiger partial charge in [0.25, 0.3) is 0 Å². The molecule has 2 nitrogen and oxygen atoms in total. The molecule has 0 aliphatic carbocycles. The van der Waals surface area contributed by atoms with Crippen LogP contribution in [0, 0.1) is 0 Å². The number of methoxy groups -OCH3 is 1. The van der Waals surface area contributed by atoms with Gasteiger partial charge in [-0.25, -0.2) is 0 Å². The largest absolute Gasteiger partial charge is 0.496 e. The van der Waals surface area contributed by atoms with E-state index in [1.807, 2.05) is 12.1 Å². The molecule has 2 N–H and O–H groups in total. The molecule has 0 aliphatic rings. The van der Waals surface area contributed by atoms with Gasteiger partial charge in [0.05, 0.1) is 7.11 Å². The Morgan fingerprint density at radius 2 is 2.12 bits per heavy atom. The Labute approximate surface area is 106 Å². The van der Waals surface area contributed by atoms with Gasteiger partial charge in [-0.3, -0.25) is 0 Å². The predicted molar refractivity (Wildman–Crippen MR) is 71.9 cm³/mol. The molecule has 0 aliphatic heterocycles. The minimum Gasteiger partial charge on any atom is -0.496 e. The highest BCUT2D eigenvalue weighted by Crippen LogP contribution is 2.27. The van der Waals surface area contributed by atoms with Crippen molar-refractivity contribution in [2.75, 3.05) is 7.11 Å². The zero-order valence-corrected chi connectivity index (χ0v) is 11.8. The maximum atomic E-state index is 6.26. The molecule has 1 unspecified atom stereocenters. The van der Waals surface area contributed by atoms with E-state index in [0.29, 0.717) is 0 Å². The van der Waals surface area contributed by atoms with Crippen LogP contribution in [0.1, 0.15) is 32.3 Å². The van der Waals surface area contributed by atoms with E-state index in [1.165, 1.54) is 0 Å². The highest BCUT2D eigenvalue weighted by Gasteiger charge is 2.20. The van der Waals surface area contributed by atoms with Gasteiger partial charge in [0.1, 0.15) is 5.75 Å². The predicted octanol–water partition coefficient (Wildman–Crippen LogP) is 3.52. The second-order valence-electron chi connectivity index (χ2n) is 4.54. The van der Waals surface area contributed by atoms with Crippen molar-refractivity contribution in [1.82, 2.24) is 0 Å². The van der Waals surface area contributed by atoms with Gasteiger partial charge in [-0.2, -0.15) is 0 Å². The summed E-state index contributed by atoms with van der Waals surface area (Å²) in [6, 6.07) is 6.04. The number of rotatable bonds is 5. The molecule has 1 atom stereocenters. The Kier molecular flexibility index (Phi) is 4.81. The van der Waals surface area contributed by atoms with E-state index in [2.05, 4.69) is 35.8 Å². The van der Waals surface area contributed by atoms with Crippen molar-refractivity contribution >= 4 is 15.9 Å². The number of ether oxygens (including phenoxy) is 1. The summed E-state index contributed by atoms with van der Waals surface area (Å²) in [4.78, 5) is 0. The van der Waals surface area contributed by atoms with Gasteiger partial charge in [0.2, 0.25) is 0 Å². The Morgan fingerprint density at radius 1 is 1.44 bits per heavy atom. The molecule has 0 bridgehead atoms. The maximum absolute atomic E-state index is 6.26. The molecule has 0 heterocycles. The van der Waals surface area contributed by atoms with Crippen LogP contribution in [0.25, 0.3) is 0 Å². The number of halogens is 1. The van der Waals surface area contributed by atoms with Crippen molar-refractivity contribution in [3.8, 4) is 5.75 Å². The Hall–Kier alpha value is -0.540. The third kappa shape index (κ3) is 3.80. The van der Waals surface area contributed by atoms with Crippen LogP contribution in [0.15, 0.2) is 22.7 Å². The second kappa shape index (κ2) is 5.69. The van der Waals surface area contributed by atoms with E-state index in [4.69, 9.17) is 10.5 Å². The van der Waals surface area contributed by atoms with Gasteiger partial charge in [0.15, 0.2) is 0 Å². The minimum atomic E-state index is -0.164. The van der Waals surface area contributed by atoms with Crippen LogP contribution in [0.3, 0.4) is 0 Å². The van der Waals surface area contributed by atoms with Gasteiger partial charge < -0.3 is 10.5 Å². The molecule has 3 heteroatoms. The van der Waals surface area contributed by atoms with Crippen LogP contribution in [0.5, 0.6) is 5.75 Å². The molecule has 0 spiro atoms. The van der Waals surface area contributed by atoms with Crippen LogP contribution < -0.4 is 10.5 Å². The van der Waals surface area contributed by atoms with Crippen LogP contribution in [-0.4, -0.2) is 12.6 Å². The van der Waals surface area contributed by atoms with Crippen molar-refractivity contribution in [3.63, 3.8) is 0 Å². The second-order valence-corrected chi connectivity index (χ2v) is 5.45. The zero-order valence-electron chi connectivity index (χ0n) is 10.2. The molecule has 0 amide bonds. The van der Waals surface area contributed by atoms with E-state index < -0.39 is 0 Å². The molecular weight excluding hydrogens is 266 g/mol. The fraction of sp³-hybridized carbons (Fsp3) is 0.538. The molecule has 16 heavy (non-hydrogen) atoms. The van der Waals surface area contributed by atoms with E-state index in [9.17, 15) is 0 Å². The van der Waals surface area contributed by atoms with Crippen LogP contribution in [0.4, 0.5) is 0 Å². The smallest absolute Gasteiger partial charge is 0.122 e. The highest BCUT2D eigenvalue weighted by molar-refractivity contribution is 9.10. The zero-order chi connectivity index (χ0) is 12.2. The first kappa shape index (κ1) is 13.5. The first-order valence-electron chi connectivity index (χ1n) is 5.60. The molecule has 1 aromatic carbocycles. The summed E-state index contributed by atoms with van der Waals surface area (Å²) >= 11 is 3.48. The lowest BCUT2D eigenvalue weighted by Crippen LogP contribution is -2.38. The molecular formula is C13H20BrNO. The van der Waals surface area contributed by atoms with Crippen molar-refractivity contribution < 1.29 is 4.74 Å². The normalized spacial score (nSPS) is 14.6. The average molecular weight is 286 g/mol. The minimum absolute atomic E-state index is 0.164. The van der Waals surface area contributed by atoms with Crippen molar-refractivity contribution in [2.45, 2.75) is 38.6 Å². The lowest BCUT2D eigenvalue weighted by atomic mass is 9.89. The first-order valence-corrected chi connectivity index (χ1v) is 6.39. The maximum Gasteiger partial charge on any atom is 0.122 e. The fourth-order valence-electron chi connectivity index (χ4n) is 1.98. The summed E-state index contributed by atoms with van der Waals surface area (Å²) in [7, 11) is 1.69. The molecule has 0 saturated carbocycles. The average Bonchev–Trinajstić information content (AvgIpc) is 2.17. The van der Waals surface area contributed by atoms with Crippen molar-refractivity contribution in [3.05, 3.63) is 28.2 Å². The molecule has 1 aromatic rings. The van der Waals surface area contributed by atoms with E-state index >= 15 is 0 Å². The Bertz CT molecular complexity index is 350. The van der Waals surface area contributed by atoms with Crippen molar-refractivity contribution in [2.24, 2.45) is 5.73 Å². The van der Waals surface area contributed by atoms with Gasteiger partial charge in [0, 0.05) is 10.0 Å². The molecule has 90 valence electrons. The van der Waals surface area contributed by atoms with Crippen LogP contribution >= 0.6 is 15.9 Å². The number of nitrogens with two attached hydrogens (primary N) is 1. The lowest BCUT2D eigenvalue weighted by Gasteiger charge is -2.25. The number of hydrogen-bond donors (Lipinski definition) is 1. The standard InChI is InChI=1S/C13H20BrNO/c1-4-7-13(2,15)9-10-8-11(14)5-6-12(10)16-3/h5-6,8H,4,7,9,15H2,1-3H3. The van der Waals surface area contributed by atoms with Gasteiger partial charge in [-0.1, -0.05) is 29.3 Å². The molecule has 0 aromatic heterocycles. The topological polar surface area (TPSA) is 35.2 Å². The van der Waals surface area contributed by atoms with E-state index in [0.717, 1.165) is 35.0 Å². The summed E-state index contributed by atoms with van der Waals surface area (Å²) in [6.07, 6.45) is 2.95. The van der Waals surface area contributed by atoms with Crippen LogP contribution in [0.2, 0.25) is 0 Å². The van der Waals surface area contributed by atoms with E-state index in [-0.39, 0.29) is 5.54 Å². The highest BCUT2D eigenvalue weighted by atomic mass is 79.9. The summed E-state index contributed by atoms with van der Waals surface area (Å²) in [5.41, 5.74) is 7.26. The van der Waals surface area contributed by atoms with Crippen LogP contribution in [-0.2, 0) is 6.42 Å². The molecule has 0 radical (unpaired) electrons. The molecule has 1 rings (SSSR count). The summed E-state index contributed by atoms with van der Waals surface area (Å²) in [5, 5.41) is 0. The SMILES string of the molecule is CCCC(C)(N)Cc1cc(Br)ccc1OC. The van der Waals surface area contributed by atoms with Gasteiger partial charge in [-0.15, -0.1) is 0 Å². The van der Waals surface area contributed by atoms with Gasteiger partial charge in [-0.05, 0) is 43.5 Å². The lowest BCUT2D eigenvalue weighted by molar-refractivity contribution is 0.387. The summed E-state index contributed by atoms with van der Waals surface area (Å²) in [5.74, 6) is 0.913. The Balaban J connectivity index is 2.90. The quantitative estimate of drug-likeness (QED) is 0.899. The third-order valence-electron chi connectivity index (χ3n) is 2.66. The van der Waals surface area contributed by atoms with E-state index in [1.54, 1.807) is 7.11 Å². The van der Waals surface area contributed by atoms with Crippen molar-refractivity contribution in [1.29, 1.82) is 0 Å². The summed E-state index contributed by atoms with van der Waals surface area (Å²) < 4.78 is 6.41. The monoisotopic (exact) mass is 285 g/mol. The van der Waals surface area contributed by atoms with Gasteiger partial charge >= 0.3 is 0 Å². The summed E-state index contributed by atoms with van der Waals surface area (Å²) in [6.45, 7) is 4.25. The number of benzene rings is 1. The first-order chi connectivity index (χ1) is 7.48.